The Bertz CT molecular complexity index is 1070. The number of carbonyl (C=O) groups excluding carboxylic acids is 1. The molecule has 3 rings (SSSR count). The van der Waals surface area contributed by atoms with E-state index >= 15 is 0 Å². The summed E-state index contributed by atoms with van der Waals surface area (Å²) in [4.78, 5) is 14.8. The minimum atomic E-state index is -3.73. The van der Waals surface area contributed by atoms with E-state index in [4.69, 9.17) is 4.74 Å². The number of hydrogen-bond acceptors (Lipinski definition) is 7. The van der Waals surface area contributed by atoms with Gasteiger partial charge < -0.3 is 14.7 Å². The molecule has 2 heterocycles. The van der Waals surface area contributed by atoms with Crippen LogP contribution in [0.3, 0.4) is 0 Å². The van der Waals surface area contributed by atoms with E-state index in [0.717, 1.165) is 5.56 Å². The Hall–Kier alpha value is -2.34. The highest BCUT2D eigenvalue weighted by Gasteiger charge is 2.31. The van der Waals surface area contributed by atoms with Gasteiger partial charge in [0.15, 0.2) is 0 Å². The number of benzene rings is 1. The van der Waals surface area contributed by atoms with Crippen molar-refractivity contribution in [2.24, 2.45) is 5.92 Å². The summed E-state index contributed by atoms with van der Waals surface area (Å²) in [5, 5.41) is 17.9. The zero-order valence-corrected chi connectivity index (χ0v) is 21.1. The van der Waals surface area contributed by atoms with Gasteiger partial charge >= 0.3 is 0 Å². The first-order chi connectivity index (χ1) is 16.1. The van der Waals surface area contributed by atoms with E-state index in [1.165, 1.54) is 11.4 Å². The van der Waals surface area contributed by atoms with Crippen LogP contribution in [0, 0.1) is 12.8 Å². The van der Waals surface area contributed by atoms with Crippen LogP contribution in [0.5, 0.6) is 0 Å². The number of aliphatic hydroxyl groups is 1. The smallest absolute Gasteiger partial charge is 0.242 e. The number of sulfonamides is 1. The molecule has 11 heteroatoms. The molecule has 0 saturated heterocycles. The molecule has 0 unspecified atom stereocenters. The van der Waals surface area contributed by atoms with Crippen LogP contribution in [0.15, 0.2) is 35.4 Å². The maximum atomic E-state index is 13.2. The minimum Gasteiger partial charge on any atom is -0.394 e. The van der Waals surface area contributed by atoms with Crippen molar-refractivity contribution in [1.29, 1.82) is 0 Å². The normalized spacial score (nSPS) is 21.6. The highest BCUT2D eigenvalue weighted by Crippen LogP contribution is 2.21. The number of carbonyl (C=O) groups is 1. The lowest BCUT2D eigenvalue weighted by Crippen LogP contribution is -2.47. The van der Waals surface area contributed by atoms with Crippen LogP contribution in [-0.4, -0.2) is 82.5 Å². The monoisotopic (exact) mass is 493 g/mol. The summed E-state index contributed by atoms with van der Waals surface area (Å²) in [6, 6.07) is 6.43. The minimum absolute atomic E-state index is 0.0625. The predicted molar refractivity (Wildman–Crippen MR) is 126 cm³/mol. The summed E-state index contributed by atoms with van der Waals surface area (Å²) in [6.45, 7) is 6.59. The van der Waals surface area contributed by atoms with Crippen LogP contribution in [0.2, 0.25) is 0 Å². The lowest BCUT2D eigenvalue weighted by molar-refractivity contribution is -0.136. The fraction of sp³-hybridized carbons (Fsp3) is 0.609. The second kappa shape index (κ2) is 11.4. The molecule has 1 aromatic carbocycles. The third-order valence-corrected chi connectivity index (χ3v) is 8.00. The first-order valence-corrected chi connectivity index (χ1v) is 13.0. The predicted octanol–water partition coefficient (Wildman–Crippen LogP) is 1.43. The molecule has 188 valence electrons. The standard InChI is InChI=1S/C23H35N5O5S/c1-17-7-5-8-21(11-17)34(31,32)26(4)14-22-18(2)12-28(19(3)15-29)23(30)9-6-10-27-13-20(16-33-22)24-25-27/h5,7-8,11,13,18-19,22,29H,6,9-10,12,14-16H2,1-4H3/t18-,19+,22+/m0/s1. The molecule has 0 saturated carbocycles. The molecule has 2 bridgehead atoms. The van der Waals surface area contributed by atoms with Gasteiger partial charge in [-0.3, -0.25) is 9.48 Å². The number of hydrogen-bond donors (Lipinski definition) is 1. The third-order valence-electron chi connectivity index (χ3n) is 6.18. The van der Waals surface area contributed by atoms with Crippen molar-refractivity contribution in [1.82, 2.24) is 24.2 Å². The Labute approximate surface area is 201 Å². The van der Waals surface area contributed by atoms with Gasteiger partial charge in [-0.1, -0.05) is 24.3 Å². The van der Waals surface area contributed by atoms with Gasteiger partial charge in [-0.15, -0.1) is 5.10 Å². The molecule has 0 aliphatic carbocycles. The topological polar surface area (TPSA) is 118 Å². The molecule has 1 N–H and O–H groups in total. The zero-order chi connectivity index (χ0) is 24.9. The number of ether oxygens (including phenoxy) is 1. The Kier molecular flexibility index (Phi) is 8.80. The van der Waals surface area contributed by atoms with Gasteiger partial charge in [0.2, 0.25) is 15.9 Å². The van der Waals surface area contributed by atoms with Crippen molar-refractivity contribution in [2.75, 3.05) is 26.7 Å². The quantitative estimate of drug-likeness (QED) is 0.647. The van der Waals surface area contributed by atoms with Gasteiger partial charge in [0.05, 0.1) is 36.5 Å². The number of amides is 1. The number of aromatic nitrogens is 3. The fourth-order valence-corrected chi connectivity index (χ4v) is 5.29. The second-order valence-corrected chi connectivity index (χ2v) is 11.1. The van der Waals surface area contributed by atoms with Crippen molar-refractivity contribution in [2.45, 2.75) is 63.8 Å². The van der Waals surface area contributed by atoms with Crippen LogP contribution >= 0.6 is 0 Å². The molecule has 1 aromatic heterocycles. The molecular weight excluding hydrogens is 458 g/mol. The van der Waals surface area contributed by atoms with Gasteiger partial charge in [0, 0.05) is 39.0 Å². The molecule has 0 radical (unpaired) electrons. The molecule has 0 spiro atoms. The average molecular weight is 494 g/mol. The highest BCUT2D eigenvalue weighted by molar-refractivity contribution is 7.89. The summed E-state index contributed by atoms with van der Waals surface area (Å²) >= 11 is 0. The van der Waals surface area contributed by atoms with Gasteiger partial charge in [-0.05, 0) is 38.0 Å². The van der Waals surface area contributed by atoms with Crippen molar-refractivity contribution in [3.05, 3.63) is 41.7 Å². The fourth-order valence-electron chi connectivity index (χ4n) is 4.00. The molecule has 1 aliphatic heterocycles. The van der Waals surface area contributed by atoms with Crippen molar-refractivity contribution in [3.63, 3.8) is 0 Å². The molecule has 2 aromatic rings. The summed E-state index contributed by atoms with van der Waals surface area (Å²) in [5.41, 5.74) is 1.50. The molecule has 1 aliphatic rings. The molecular formula is C23H35N5O5S. The molecule has 10 nitrogen and oxygen atoms in total. The van der Waals surface area contributed by atoms with Gasteiger partial charge in [0.25, 0.3) is 0 Å². The van der Waals surface area contributed by atoms with Crippen LogP contribution in [0.4, 0.5) is 0 Å². The number of fused-ring (bicyclic) bond motifs is 2. The zero-order valence-electron chi connectivity index (χ0n) is 20.3. The van der Waals surface area contributed by atoms with E-state index < -0.39 is 16.1 Å². The summed E-state index contributed by atoms with van der Waals surface area (Å²) < 4.78 is 35.5. The molecule has 34 heavy (non-hydrogen) atoms. The van der Waals surface area contributed by atoms with E-state index in [1.54, 1.807) is 40.9 Å². The number of likely N-dealkylation sites (N-methyl/N-ethyl adjacent to an activating group) is 1. The number of nitrogens with zero attached hydrogens (tertiary/aromatic N) is 5. The number of aryl methyl sites for hydroxylation is 2. The molecule has 0 fully saturated rings. The van der Waals surface area contributed by atoms with Crippen LogP contribution < -0.4 is 0 Å². The van der Waals surface area contributed by atoms with Crippen LogP contribution in [-0.2, 0) is 32.7 Å². The largest absolute Gasteiger partial charge is 0.394 e. The maximum Gasteiger partial charge on any atom is 0.242 e. The van der Waals surface area contributed by atoms with E-state index in [9.17, 15) is 18.3 Å². The molecule has 3 atom stereocenters. The van der Waals surface area contributed by atoms with Gasteiger partial charge in [-0.2, -0.15) is 4.31 Å². The highest BCUT2D eigenvalue weighted by atomic mass is 32.2. The summed E-state index contributed by atoms with van der Waals surface area (Å²) in [6.07, 6.45) is 2.19. The van der Waals surface area contributed by atoms with E-state index in [-0.39, 0.29) is 42.5 Å². The van der Waals surface area contributed by atoms with Crippen LogP contribution in [0.25, 0.3) is 0 Å². The number of aliphatic hydroxyl groups excluding tert-OH is 1. The van der Waals surface area contributed by atoms with Crippen LogP contribution in [0.1, 0.15) is 37.9 Å². The van der Waals surface area contributed by atoms with E-state index in [1.807, 2.05) is 19.9 Å². The Balaban J connectivity index is 1.86. The maximum absolute atomic E-state index is 13.2. The lowest BCUT2D eigenvalue weighted by atomic mass is 10.0. The van der Waals surface area contributed by atoms with E-state index in [0.29, 0.717) is 31.6 Å². The second-order valence-electron chi connectivity index (χ2n) is 9.08. The first kappa shape index (κ1) is 26.3. The third kappa shape index (κ3) is 6.41. The van der Waals surface area contributed by atoms with Crippen molar-refractivity contribution < 1.29 is 23.1 Å². The summed E-state index contributed by atoms with van der Waals surface area (Å²) in [7, 11) is -2.20. The Morgan fingerprint density at radius 1 is 1.35 bits per heavy atom. The van der Waals surface area contributed by atoms with Gasteiger partial charge in [-0.25, -0.2) is 8.42 Å². The van der Waals surface area contributed by atoms with Crippen molar-refractivity contribution in [3.8, 4) is 0 Å². The Morgan fingerprint density at radius 3 is 2.82 bits per heavy atom. The number of rotatable bonds is 6. The lowest BCUT2D eigenvalue weighted by Gasteiger charge is -2.35. The van der Waals surface area contributed by atoms with Crippen molar-refractivity contribution >= 4 is 15.9 Å². The summed E-state index contributed by atoms with van der Waals surface area (Å²) in [5.74, 6) is -0.267. The first-order valence-electron chi connectivity index (χ1n) is 11.6. The van der Waals surface area contributed by atoms with E-state index in [2.05, 4.69) is 10.3 Å². The van der Waals surface area contributed by atoms with Gasteiger partial charge in [0.1, 0.15) is 5.69 Å². The Morgan fingerprint density at radius 2 is 2.12 bits per heavy atom. The molecule has 1 amide bonds. The average Bonchev–Trinajstić information content (AvgIpc) is 3.26. The SMILES string of the molecule is Cc1cccc(S(=O)(=O)N(C)C[C@H]2OCc3cn(nn3)CCCC(=O)N([C@H](C)CO)C[C@@H]2C)c1.